The molecule has 4 rings (SSSR count). The summed E-state index contributed by atoms with van der Waals surface area (Å²) in [5, 5.41) is 13.5. The first kappa shape index (κ1) is 24.5. The van der Waals surface area contributed by atoms with Crippen LogP contribution in [-0.4, -0.2) is 49.1 Å². The Morgan fingerprint density at radius 1 is 1.06 bits per heavy atom. The minimum absolute atomic E-state index is 0.0884. The number of carbonyl (C=O) groups excluding carboxylic acids is 2. The lowest BCUT2D eigenvalue weighted by Gasteiger charge is -2.26. The molecule has 1 aliphatic rings. The molecular formula is C29H31NO5. The molecule has 35 heavy (non-hydrogen) atoms. The van der Waals surface area contributed by atoms with Gasteiger partial charge in [0.1, 0.15) is 11.5 Å². The second-order valence-corrected chi connectivity index (χ2v) is 9.12. The first-order chi connectivity index (χ1) is 16.8. The van der Waals surface area contributed by atoms with E-state index in [0.717, 1.165) is 33.2 Å². The van der Waals surface area contributed by atoms with Crippen molar-refractivity contribution in [2.75, 3.05) is 27.4 Å². The molecule has 1 atom stereocenters. The summed E-state index contributed by atoms with van der Waals surface area (Å²) in [6.07, 6.45) is 0. The standard InChI is InChI=1S/C29H31NO5/c1-17(2)22-16-23(18(3)15-24(22)35-5)27(31)25-26(30(13-14-34-4)29(33)28(25)32)21-12-8-10-19-9-6-7-11-20(19)21/h6-12,15-17,26,31H,13-14H2,1-5H3/b27-25+. The fourth-order valence-corrected chi connectivity index (χ4v) is 4.84. The van der Waals surface area contributed by atoms with Gasteiger partial charge in [-0.15, -0.1) is 0 Å². The molecule has 6 nitrogen and oxygen atoms in total. The molecular weight excluding hydrogens is 442 g/mol. The Balaban J connectivity index is 1.99. The number of rotatable bonds is 7. The van der Waals surface area contributed by atoms with Crippen molar-refractivity contribution < 1.29 is 24.2 Å². The van der Waals surface area contributed by atoms with Crippen molar-refractivity contribution >= 4 is 28.2 Å². The molecule has 0 spiro atoms. The van der Waals surface area contributed by atoms with Crippen LogP contribution in [0.2, 0.25) is 0 Å². The molecule has 0 bridgehead atoms. The van der Waals surface area contributed by atoms with Gasteiger partial charge in [-0.25, -0.2) is 0 Å². The summed E-state index contributed by atoms with van der Waals surface area (Å²) in [7, 11) is 3.17. The zero-order valence-corrected chi connectivity index (χ0v) is 20.8. The molecule has 0 radical (unpaired) electrons. The van der Waals surface area contributed by atoms with E-state index in [1.54, 1.807) is 14.2 Å². The molecule has 182 valence electrons. The number of likely N-dealkylation sites (tertiary alicyclic amines) is 1. The van der Waals surface area contributed by atoms with Gasteiger partial charge in [0.2, 0.25) is 0 Å². The van der Waals surface area contributed by atoms with Gasteiger partial charge < -0.3 is 19.5 Å². The zero-order chi connectivity index (χ0) is 25.3. The Hall–Kier alpha value is -3.64. The summed E-state index contributed by atoms with van der Waals surface area (Å²) >= 11 is 0. The third-order valence-electron chi connectivity index (χ3n) is 6.65. The summed E-state index contributed by atoms with van der Waals surface area (Å²) in [6.45, 7) is 6.43. The van der Waals surface area contributed by atoms with E-state index in [1.165, 1.54) is 4.90 Å². The smallest absolute Gasteiger partial charge is 0.295 e. The highest BCUT2D eigenvalue weighted by Gasteiger charge is 2.46. The van der Waals surface area contributed by atoms with E-state index in [2.05, 4.69) is 0 Å². The Bertz CT molecular complexity index is 1320. The van der Waals surface area contributed by atoms with Crippen molar-refractivity contribution in [2.24, 2.45) is 0 Å². The number of aliphatic hydroxyl groups is 1. The number of benzene rings is 3. The fourth-order valence-electron chi connectivity index (χ4n) is 4.84. The first-order valence-corrected chi connectivity index (χ1v) is 11.7. The Labute approximate surface area is 205 Å². The Morgan fingerprint density at radius 3 is 2.46 bits per heavy atom. The lowest BCUT2D eigenvalue weighted by molar-refractivity contribution is -0.140. The predicted octanol–water partition coefficient (Wildman–Crippen LogP) is 5.35. The molecule has 1 N–H and O–H groups in total. The van der Waals surface area contributed by atoms with Crippen molar-refractivity contribution in [3.05, 3.63) is 82.4 Å². The highest BCUT2D eigenvalue weighted by molar-refractivity contribution is 6.46. The number of aliphatic hydroxyl groups excluding tert-OH is 1. The third kappa shape index (κ3) is 4.30. The normalized spacial score (nSPS) is 17.5. The van der Waals surface area contributed by atoms with Crippen LogP contribution in [0.4, 0.5) is 0 Å². The quantitative estimate of drug-likeness (QED) is 0.284. The molecule has 3 aromatic carbocycles. The number of aryl methyl sites for hydroxylation is 1. The van der Waals surface area contributed by atoms with Gasteiger partial charge in [0.15, 0.2) is 0 Å². The monoisotopic (exact) mass is 473 g/mol. The van der Waals surface area contributed by atoms with Gasteiger partial charge in [-0.1, -0.05) is 56.3 Å². The number of amides is 1. The molecule has 6 heteroatoms. The van der Waals surface area contributed by atoms with E-state index in [9.17, 15) is 14.7 Å². The average molecular weight is 474 g/mol. The second kappa shape index (κ2) is 9.92. The molecule has 3 aromatic rings. The zero-order valence-electron chi connectivity index (χ0n) is 20.8. The van der Waals surface area contributed by atoms with Gasteiger partial charge in [-0.2, -0.15) is 0 Å². The summed E-state index contributed by atoms with van der Waals surface area (Å²) in [5.74, 6) is -0.659. The van der Waals surface area contributed by atoms with E-state index < -0.39 is 17.7 Å². The van der Waals surface area contributed by atoms with Gasteiger partial charge in [-0.3, -0.25) is 9.59 Å². The van der Waals surface area contributed by atoms with Crippen molar-refractivity contribution in [3.63, 3.8) is 0 Å². The number of carbonyl (C=O) groups is 2. The number of nitrogens with zero attached hydrogens (tertiary/aromatic N) is 1. The summed E-state index contributed by atoms with van der Waals surface area (Å²) in [6, 6.07) is 16.6. The largest absolute Gasteiger partial charge is 0.507 e. The maximum Gasteiger partial charge on any atom is 0.295 e. The highest BCUT2D eigenvalue weighted by Crippen LogP contribution is 2.43. The van der Waals surface area contributed by atoms with Crippen LogP contribution in [0.3, 0.4) is 0 Å². The Kier molecular flexibility index (Phi) is 6.94. The maximum absolute atomic E-state index is 13.4. The molecule has 1 fully saturated rings. The van der Waals surface area contributed by atoms with E-state index >= 15 is 0 Å². The summed E-state index contributed by atoms with van der Waals surface area (Å²) < 4.78 is 10.8. The van der Waals surface area contributed by atoms with Gasteiger partial charge in [0, 0.05) is 19.2 Å². The van der Waals surface area contributed by atoms with Crippen LogP contribution in [0.5, 0.6) is 5.75 Å². The minimum Gasteiger partial charge on any atom is -0.507 e. The van der Waals surface area contributed by atoms with Crippen LogP contribution in [0.25, 0.3) is 16.5 Å². The molecule has 1 saturated heterocycles. The molecule has 0 aliphatic carbocycles. The number of hydrogen-bond acceptors (Lipinski definition) is 5. The van der Waals surface area contributed by atoms with Gasteiger partial charge >= 0.3 is 0 Å². The Morgan fingerprint density at radius 2 is 1.77 bits per heavy atom. The first-order valence-electron chi connectivity index (χ1n) is 11.7. The molecule has 1 amide bonds. The van der Waals surface area contributed by atoms with Crippen LogP contribution < -0.4 is 4.74 Å². The number of Topliss-reactive ketones (excluding diaryl/α,β-unsaturated/α-hetero) is 1. The van der Waals surface area contributed by atoms with Crippen LogP contribution in [-0.2, 0) is 14.3 Å². The van der Waals surface area contributed by atoms with E-state index in [0.29, 0.717) is 5.56 Å². The number of fused-ring (bicyclic) bond motifs is 1. The van der Waals surface area contributed by atoms with Crippen molar-refractivity contribution in [2.45, 2.75) is 32.7 Å². The van der Waals surface area contributed by atoms with Crippen molar-refractivity contribution in [3.8, 4) is 5.75 Å². The van der Waals surface area contributed by atoms with Gasteiger partial charge in [0.25, 0.3) is 11.7 Å². The third-order valence-corrected chi connectivity index (χ3v) is 6.65. The van der Waals surface area contributed by atoms with E-state index in [4.69, 9.17) is 9.47 Å². The van der Waals surface area contributed by atoms with E-state index in [1.807, 2.05) is 75.4 Å². The van der Waals surface area contributed by atoms with Crippen LogP contribution in [0.1, 0.15) is 48.1 Å². The highest BCUT2D eigenvalue weighted by atomic mass is 16.5. The topological polar surface area (TPSA) is 76.1 Å². The lowest BCUT2D eigenvalue weighted by atomic mass is 9.89. The number of ether oxygens (including phenoxy) is 2. The summed E-state index contributed by atoms with van der Waals surface area (Å²) in [4.78, 5) is 28.1. The number of methoxy groups -OCH3 is 2. The minimum atomic E-state index is -0.736. The van der Waals surface area contributed by atoms with Crippen molar-refractivity contribution in [1.82, 2.24) is 4.90 Å². The molecule has 0 saturated carbocycles. The van der Waals surface area contributed by atoms with Crippen LogP contribution in [0, 0.1) is 6.92 Å². The molecule has 1 heterocycles. The average Bonchev–Trinajstić information content (AvgIpc) is 3.10. The van der Waals surface area contributed by atoms with Gasteiger partial charge in [0.05, 0.1) is 25.3 Å². The molecule has 1 unspecified atom stereocenters. The molecule has 1 aliphatic heterocycles. The van der Waals surface area contributed by atoms with Gasteiger partial charge in [-0.05, 0) is 52.4 Å². The van der Waals surface area contributed by atoms with Crippen LogP contribution >= 0.6 is 0 Å². The second-order valence-electron chi connectivity index (χ2n) is 9.12. The SMILES string of the molecule is COCCN1C(=O)C(=O)/C(=C(/O)c2cc(C(C)C)c(OC)cc2C)C1c1cccc2ccccc12. The summed E-state index contributed by atoms with van der Waals surface area (Å²) in [5.41, 5.74) is 3.06. The predicted molar refractivity (Wildman–Crippen MR) is 137 cm³/mol. The number of hydrogen-bond donors (Lipinski definition) is 1. The maximum atomic E-state index is 13.4. The molecule has 0 aromatic heterocycles. The van der Waals surface area contributed by atoms with Crippen molar-refractivity contribution in [1.29, 1.82) is 0 Å². The van der Waals surface area contributed by atoms with E-state index in [-0.39, 0.29) is 30.4 Å². The van der Waals surface area contributed by atoms with Crippen LogP contribution in [0.15, 0.2) is 60.2 Å². The fraction of sp³-hybridized carbons (Fsp3) is 0.310. The number of ketones is 1. The lowest BCUT2D eigenvalue weighted by Crippen LogP contribution is -2.32.